The Balaban J connectivity index is 1.62. The lowest BCUT2D eigenvalue weighted by Crippen LogP contribution is -2.28. The molecule has 1 amide bonds. The summed E-state index contributed by atoms with van der Waals surface area (Å²) in [6.07, 6.45) is 0. The number of rotatable bonds is 7. The lowest BCUT2D eigenvalue weighted by atomic mass is 10.2. The molecule has 0 aliphatic carbocycles. The molecule has 0 spiro atoms. The topological polar surface area (TPSA) is 59.8 Å². The van der Waals surface area contributed by atoms with Gasteiger partial charge in [-0.3, -0.25) is 9.36 Å². The molecule has 4 aromatic rings. The molecule has 0 radical (unpaired) electrons. The van der Waals surface area contributed by atoms with Crippen LogP contribution in [0.4, 0.5) is 0 Å². The zero-order chi connectivity index (χ0) is 23.4. The maximum absolute atomic E-state index is 12.8. The van der Waals surface area contributed by atoms with Crippen LogP contribution in [0.5, 0.6) is 0 Å². The van der Waals surface area contributed by atoms with Crippen LogP contribution in [0.25, 0.3) is 5.69 Å². The maximum Gasteiger partial charge on any atom is 0.251 e. The quantitative estimate of drug-likeness (QED) is 0.317. The van der Waals surface area contributed by atoms with Crippen molar-refractivity contribution >= 4 is 29.3 Å². The minimum absolute atomic E-state index is 0.211. The third kappa shape index (κ3) is 5.64. The number of carbonyl (C=O) groups excluding carboxylic acids is 1. The largest absolute Gasteiger partial charge is 0.342 e. The second kappa shape index (κ2) is 10.2. The van der Waals surface area contributed by atoms with Gasteiger partial charge >= 0.3 is 0 Å². The summed E-state index contributed by atoms with van der Waals surface area (Å²) in [4.78, 5) is 12.8. The molecule has 1 heterocycles. The molecule has 0 aliphatic rings. The smallest absolute Gasteiger partial charge is 0.251 e. The van der Waals surface area contributed by atoms with E-state index in [1.807, 2.05) is 23.6 Å². The Morgan fingerprint density at radius 2 is 1.76 bits per heavy atom. The van der Waals surface area contributed by atoms with Gasteiger partial charge in [-0.25, -0.2) is 0 Å². The van der Waals surface area contributed by atoms with Crippen LogP contribution in [0.2, 0.25) is 5.02 Å². The Labute approximate surface area is 203 Å². The first-order valence-corrected chi connectivity index (χ1v) is 12.0. The highest BCUT2D eigenvalue weighted by Gasteiger charge is 2.21. The second-order valence-corrected chi connectivity index (χ2v) is 9.37. The van der Waals surface area contributed by atoms with Crippen molar-refractivity contribution in [2.75, 3.05) is 0 Å². The molecule has 168 valence electrons. The van der Waals surface area contributed by atoms with E-state index in [4.69, 9.17) is 11.6 Å². The fourth-order valence-electron chi connectivity index (χ4n) is 3.52. The standard InChI is InChI=1S/C26H25ClN4OS/c1-17-10-12-23(13-11-17)31-24(19(3)28-25(32)21-8-5-9-22(27)15-21)29-30-26(31)33-16-20-7-4-6-18(2)14-20/h4-15,19H,16H2,1-3H3,(H,28,32). The highest BCUT2D eigenvalue weighted by molar-refractivity contribution is 7.98. The van der Waals surface area contributed by atoms with Crippen molar-refractivity contribution in [1.29, 1.82) is 0 Å². The Bertz CT molecular complexity index is 1270. The van der Waals surface area contributed by atoms with Crippen LogP contribution in [0.3, 0.4) is 0 Å². The van der Waals surface area contributed by atoms with Crippen molar-refractivity contribution in [2.24, 2.45) is 0 Å². The SMILES string of the molecule is Cc1ccc(-n2c(SCc3cccc(C)c3)nnc2C(C)NC(=O)c2cccc(Cl)c2)cc1. The minimum atomic E-state index is -0.362. The average Bonchev–Trinajstić information content (AvgIpc) is 3.22. The van der Waals surface area contributed by atoms with Gasteiger partial charge in [-0.2, -0.15) is 0 Å². The molecule has 0 bridgehead atoms. The van der Waals surface area contributed by atoms with Crippen molar-refractivity contribution in [3.63, 3.8) is 0 Å². The second-order valence-electron chi connectivity index (χ2n) is 7.99. The Morgan fingerprint density at radius 1 is 1.00 bits per heavy atom. The predicted octanol–water partition coefficient (Wildman–Crippen LogP) is 6.32. The van der Waals surface area contributed by atoms with Crippen LogP contribution in [-0.2, 0) is 5.75 Å². The van der Waals surface area contributed by atoms with Gasteiger partial charge in [0.1, 0.15) is 0 Å². The van der Waals surface area contributed by atoms with E-state index in [1.165, 1.54) is 16.7 Å². The molecule has 0 aliphatic heterocycles. The van der Waals surface area contributed by atoms with Gasteiger partial charge in [0.15, 0.2) is 11.0 Å². The van der Waals surface area contributed by atoms with Crippen molar-refractivity contribution < 1.29 is 4.79 Å². The molecule has 5 nitrogen and oxygen atoms in total. The van der Waals surface area contributed by atoms with Crippen LogP contribution in [-0.4, -0.2) is 20.7 Å². The van der Waals surface area contributed by atoms with Crippen molar-refractivity contribution in [2.45, 2.75) is 37.7 Å². The number of nitrogens with one attached hydrogen (secondary N) is 1. The fraction of sp³-hybridized carbons (Fsp3) is 0.192. The van der Waals surface area contributed by atoms with E-state index in [1.54, 1.807) is 36.0 Å². The Hall–Kier alpha value is -3.09. The zero-order valence-electron chi connectivity index (χ0n) is 18.7. The summed E-state index contributed by atoms with van der Waals surface area (Å²) in [7, 11) is 0. The predicted molar refractivity (Wildman–Crippen MR) is 134 cm³/mol. The van der Waals surface area contributed by atoms with Crippen molar-refractivity contribution in [3.05, 3.63) is 106 Å². The lowest BCUT2D eigenvalue weighted by molar-refractivity contribution is 0.0938. The van der Waals surface area contributed by atoms with Gasteiger partial charge in [-0.15, -0.1) is 10.2 Å². The molecule has 0 saturated carbocycles. The van der Waals surface area contributed by atoms with E-state index in [0.29, 0.717) is 16.4 Å². The number of carbonyl (C=O) groups is 1. The number of thioether (sulfide) groups is 1. The summed E-state index contributed by atoms with van der Waals surface area (Å²) >= 11 is 7.67. The lowest BCUT2D eigenvalue weighted by Gasteiger charge is -2.17. The molecule has 0 fully saturated rings. The van der Waals surface area contributed by atoms with E-state index in [9.17, 15) is 4.79 Å². The first-order chi connectivity index (χ1) is 15.9. The van der Waals surface area contributed by atoms with E-state index in [0.717, 1.165) is 16.6 Å². The molecule has 7 heteroatoms. The summed E-state index contributed by atoms with van der Waals surface area (Å²) < 4.78 is 2.02. The van der Waals surface area contributed by atoms with Crippen molar-refractivity contribution in [1.82, 2.24) is 20.1 Å². The molecule has 1 unspecified atom stereocenters. The third-order valence-electron chi connectivity index (χ3n) is 5.22. The molecular formula is C26H25ClN4OS. The molecule has 1 atom stereocenters. The van der Waals surface area contributed by atoms with E-state index < -0.39 is 0 Å². The molecule has 0 saturated heterocycles. The van der Waals surface area contributed by atoms with Crippen LogP contribution in [0, 0.1) is 13.8 Å². The number of aromatic nitrogens is 3. The molecule has 3 aromatic carbocycles. The van der Waals surface area contributed by atoms with E-state index in [2.05, 4.69) is 65.8 Å². The maximum atomic E-state index is 12.8. The van der Waals surface area contributed by atoms with Gasteiger partial charge in [-0.05, 0) is 56.7 Å². The first-order valence-electron chi connectivity index (χ1n) is 10.7. The monoisotopic (exact) mass is 476 g/mol. The van der Waals surface area contributed by atoms with Gasteiger partial charge in [-0.1, -0.05) is 77.0 Å². The Morgan fingerprint density at radius 3 is 2.48 bits per heavy atom. The summed E-state index contributed by atoms with van der Waals surface area (Å²) in [6.45, 7) is 6.05. The number of amides is 1. The van der Waals surface area contributed by atoms with Crippen LogP contribution < -0.4 is 5.32 Å². The summed E-state index contributed by atoms with van der Waals surface area (Å²) in [5.41, 5.74) is 5.08. The summed E-state index contributed by atoms with van der Waals surface area (Å²) in [5.74, 6) is 1.23. The average molecular weight is 477 g/mol. The first kappa shape index (κ1) is 23.1. The number of aryl methyl sites for hydroxylation is 2. The van der Waals surface area contributed by atoms with Gasteiger partial charge < -0.3 is 5.32 Å². The highest BCUT2D eigenvalue weighted by atomic mass is 35.5. The number of nitrogens with zero attached hydrogens (tertiary/aromatic N) is 3. The normalized spacial score (nSPS) is 11.9. The van der Waals surface area contributed by atoms with E-state index in [-0.39, 0.29) is 11.9 Å². The zero-order valence-corrected chi connectivity index (χ0v) is 20.3. The van der Waals surface area contributed by atoms with Crippen molar-refractivity contribution in [3.8, 4) is 5.69 Å². The van der Waals surface area contributed by atoms with E-state index >= 15 is 0 Å². The summed E-state index contributed by atoms with van der Waals surface area (Å²) in [6, 6.07) is 23.2. The molecule has 33 heavy (non-hydrogen) atoms. The van der Waals surface area contributed by atoms with Gasteiger partial charge in [0, 0.05) is 22.0 Å². The van der Waals surface area contributed by atoms with Crippen LogP contribution in [0.1, 0.15) is 45.8 Å². The Kier molecular flexibility index (Phi) is 7.16. The number of hydrogen-bond donors (Lipinski definition) is 1. The van der Waals surface area contributed by atoms with Gasteiger partial charge in [0.2, 0.25) is 0 Å². The molecule has 1 N–H and O–H groups in total. The molecule has 4 rings (SSSR count). The van der Waals surface area contributed by atoms with Crippen LogP contribution in [0.15, 0.2) is 78.0 Å². The highest BCUT2D eigenvalue weighted by Crippen LogP contribution is 2.28. The van der Waals surface area contributed by atoms with Crippen LogP contribution >= 0.6 is 23.4 Å². The molecule has 1 aromatic heterocycles. The third-order valence-corrected chi connectivity index (χ3v) is 6.46. The fourth-order valence-corrected chi connectivity index (χ4v) is 4.61. The van der Waals surface area contributed by atoms with Gasteiger partial charge in [0.05, 0.1) is 6.04 Å². The molecular weight excluding hydrogens is 452 g/mol. The number of hydrogen-bond acceptors (Lipinski definition) is 4. The van der Waals surface area contributed by atoms with Gasteiger partial charge in [0.25, 0.3) is 5.91 Å². The minimum Gasteiger partial charge on any atom is -0.342 e. The number of halogens is 1. The number of benzene rings is 3. The summed E-state index contributed by atoms with van der Waals surface area (Å²) in [5, 5.41) is 13.3.